The van der Waals surface area contributed by atoms with Gasteiger partial charge in [-0.2, -0.15) is 0 Å². The lowest BCUT2D eigenvalue weighted by atomic mass is 10.3. The molecule has 20 heavy (non-hydrogen) atoms. The highest BCUT2D eigenvalue weighted by Crippen LogP contribution is 2.17. The third-order valence-electron chi connectivity index (χ3n) is 2.51. The van der Waals surface area contributed by atoms with Crippen molar-refractivity contribution in [3.8, 4) is 11.8 Å². The Labute approximate surface area is 125 Å². The van der Waals surface area contributed by atoms with Crippen LogP contribution >= 0.6 is 22.7 Å². The van der Waals surface area contributed by atoms with Gasteiger partial charge in [-0.05, 0) is 17.0 Å². The normalized spacial score (nSPS) is 9.90. The molecule has 0 fully saturated rings. The van der Waals surface area contributed by atoms with Crippen molar-refractivity contribution in [2.45, 2.75) is 13.0 Å². The fourth-order valence-electron chi connectivity index (χ4n) is 1.58. The van der Waals surface area contributed by atoms with Crippen LogP contribution in [-0.2, 0) is 6.54 Å². The number of carbonyl (C=O) groups is 1. The predicted molar refractivity (Wildman–Crippen MR) is 80.8 cm³/mol. The number of carbonyl (C=O) groups excluding carboxylic acids is 1. The minimum Gasteiger partial charge on any atom is -0.395 e. The molecule has 0 spiro atoms. The third kappa shape index (κ3) is 3.90. The largest absolute Gasteiger partial charge is 0.395 e. The molecule has 0 saturated heterocycles. The Morgan fingerprint density at radius 2 is 2.35 bits per heavy atom. The molecule has 2 aromatic rings. The van der Waals surface area contributed by atoms with E-state index in [1.54, 1.807) is 35.0 Å². The summed E-state index contributed by atoms with van der Waals surface area (Å²) in [6.45, 7) is 0.631. The highest BCUT2D eigenvalue weighted by molar-refractivity contribution is 7.11. The van der Waals surface area contributed by atoms with Gasteiger partial charge in [0.15, 0.2) is 0 Å². The fraction of sp³-hybridized carbons (Fsp3) is 0.286. The Morgan fingerprint density at radius 1 is 1.50 bits per heavy atom. The molecule has 0 aromatic carbocycles. The molecule has 0 aliphatic carbocycles. The number of aliphatic hydroxyl groups is 1. The maximum Gasteiger partial charge on any atom is 0.265 e. The van der Waals surface area contributed by atoms with Crippen LogP contribution < -0.4 is 0 Å². The highest BCUT2D eigenvalue weighted by atomic mass is 32.1. The molecule has 1 N–H and O–H groups in total. The summed E-state index contributed by atoms with van der Waals surface area (Å²) in [5, 5.41) is 10.7. The number of thiazole rings is 1. The van der Waals surface area contributed by atoms with Gasteiger partial charge >= 0.3 is 0 Å². The second kappa shape index (κ2) is 7.20. The van der Waals surface area contributed by atoms with Crippen molar-refractivity contribution in [3.05, 3.63) is 38.5 Å². The van der Waals surface area contributed by atoms with Gasteiger partial charge in [-0.3, -0.25) is 9.78 Å². The number of aliphatic hydroxyl groups excluding tert-OH is 1. The fourth-order valence-corrected chi connectivity index (χ4v) is 2.97. The van der Waals surface area contributed by atoms with E-state index in [9.17, 15) is 4.79 Å². The van der Waals surface area contributed by atoms with Crippen LogP contribution in [0, 0.1) is 11.8 Å². The minimum atomic E-state index is -0.0217. The Morgan fingerprint density at radius 3 is 3.05 bits per heavy atom. The molecule has 0 saturated carbocycles. The summed E-state index contributed by atoms with van der Waals surface area (Å²) in [5.74, 6) is 5.86. The van der Waals surface area contributed by atoms with Crippen molar-refractivity contribution < 1.29 is 9.90 Å². The lowest BCUT2D eigenvalue weighted by Crippen LogP contribution is -2.25. The lowest BCUT2D eigenvalue weighted by molar-refractivity contribution is 0.0790. The van der Waals surface area contributed by atoms with E-state index in [1.807, 2.05) is 11.4 Å². The molecule has 4 nitrogen and oxygen atoms in total. The molecule has 0 aliphatic rings. The van der Waals surface area contributed by atoms with Gasteiger partial charge in [-0.25, -0.2) is 0 Å². The molecule has 1 amide bonds. The molecular formula is C14H14N2O2S2. The van der Waals surface area contributed by atoms with E-state index in [0.717, 1.165) is 10.4 Å². The van der Waals surface area contributed by atoms with Crippen molar-refractivity contribution >= 4 is 28.6 Å². The first-order valence-corrected chi connectivity index (χ1v) is 7.77. The maximum atomic E-state index is 12.1. The van der Waals surface area contributed by atoms with Crippen molar-refractivity contribution in [2.75, 3.05) is 13.7 Å². The molecule has 0 atom stereocenters. The lowest BCUT2D eigenvalue weighted by Gasteiger charge is -2.14. The maximum absolute atomic E-state index is 12.1. The average Bonchev–Trinajstić information content (AvgIpc) is 3.09. The van der Waals surface area contributed by atoms with Gasteiger partial charge in [0.2, 0.25) is 0 Å². The second-order valence-corrected chi connectivity index (χ2v) is 5.92. The zero-order chi connectivity index (χ0) is 14.4. The predicted octanol–water partition coefficient (Wildman–Crippen LogP) is 2.21. The Balaban J connectivity index is 1.97. The Bertz CT molecular complexity index is 623. The SMILES string of the molecule is CN(Cc1csc(C#CCCO)c1)C(=O)c1cncs1. The number of rotatable bonds is 4. The van der Waals surface area contributed by atoms with E-state index in [0.29, 0.717) is 17.8 Å². The summed E-state index contributed by atoms with van der Waals surface area (Å²) in [6, 6.07) is 1.98. The van der Waals surface area contributed by atoms with E-state index >= 15 is 0 Å². The number of hydrogen-bond donors (Lipinski definition) is 1. The first-order chi connectivity index (χ1) is 9.70. The van der Waals surface area contributed by atoms with Gasteiger partial charge in [-0.15, -0.1) is 22.7 Å². The van der Waals surface area contributed by atoms with Crippen LogP contribution in [0.2, 0.25) is 0 Å². The standard InChI is InChI=1S/C14H14N2O2S2/c1-16(14(18)13-7-15-10-20-13)8-11-6-12(19-9-11)4-2-3-5-17/h6-7,9-10,17H,3,5,8H2,1H3. The zero-order valence-corrected chi connectivity index (χ0v) is 12.6. The smallest absolute Gasteiger partial charge is 0.265 e. The van der Waals surface area contributed by atoms with Crippen LogP contribution in [0.25, 0.3) is 0 Å². The second-order valence-electron chi connectivity index (χ2n) is 4.12. The highest BCUT2D eigenvalue weighted by Gasteiger charge is 2.13. The molecule has 104 valence electrons. The molecule has 6 heteroatoms. The molecule has 2 aromatic heterocycles. The molecule has 0 aliphatic heterocycles. The summed E-state index contributed by atoms with van der Waals surface area (Å²) >= 11 is 2.89. The van der Waals surface area contributed by atoms with E-state index in [4.69, 9.17) is 5.11 Å². The van der Waals surface area contributed by atoms with Crippen molar-refractivity contribution in [1.29, 1.82) is 0 Å². The molecule has 0 unspecified atom stereocenters. The summed E-state index contributed by atoms with van der Waals surface area (Å²) in [6.07, 6.45) is 2.07. The van der Waals surface area contributed by atoms with Crippen LogP contribution in [0.15, 0.2) is 23.2 Å². The molecule has 0 radical (unpaired) electrons. The van der Waals surface area contributed by atoms with E-state index in [-0.39, 0.29) is 12.5 Å². The molecular weight excluding hydrogens is 292 g/mol. The van der Waals surface area contributed by atoms with Crippen LogP contribution in [0.1, 0.15) is 26.5 Å². The first kappa shape index (κ1) is 14.7. The number of nitrogens with zero attached hydrogens (tertiary/aromatic N) is 2. The van der Waals surface area contributed by atoms with Crippen molar-refractivity contribution in [1.82, 2.24) is 9.88 Å². The van der Waals surface area contributed by atoms with Gasteiger partial charge in [0.1, 0.15) is 4.88 Å². The van der Waals surface area contributed by atoms with Crippen molar-refractivity contribution in [3.63, 3.8) is 0 Å². The monoisotopic (exact) mass is 306 g/mol. The van der Waals surface area contributed by atoms with E-state index in [1.165, 1.54) is 11.3 Å². The van der Waals surface area contributed by atoms with Crippen LogP contribution in [-0.4, -0.2) is 34.6 Å². The van der Waals surface area contributed by atoms with Crippen LogP contribution in [0.5, 0.6) is 0 Å². The van der Waals surface area contributed by atoms with Gasteiger partial charge in [0, 0.05) is 20.0 Å². The number of hydrogen-bond acceptors (Lipinski definition) is 5. The van der Waals surface area contributed by atoms with Crippen LogP contribution in [0.4, 0.5) is 0 Å². The average molecular weight is 306 g/mol. The molecule has 2 rings (SSSR count). The summed E-state index contributed by atoms with van der Waals surface area (Å²) in [4.78, 5) is 19.2. The van der Waals surface area contributed by atoms with Gasteiger partial charge in [-0.1, -0.05) is 11.8 Å². The Kier molecular flexibility index (Phi) is 5.30. The minimum absolute atomic E-state index is 0.0217. The molecule has 2 heterocycles. The summed E-state index contributed by atoms with van der Waals surface area (Å²) in [7, 11) is 1.77. The third-order valence-corrected chi connectivity index (χ3v) is 4.17. The zero-order valence-electron chi connectivity index (χ0n) is 11.0. The molecule has 0 bridgehead atoms. The quantitative estimate of drug-likeness (QED) is 0.881. The number of aromatic nitrogens is 1. The van der Waals surface area contributed by atoms with Gasteiger partial charge < -0.3 is 10.0 Å². The van der Waals surface area contributed by atoms with Gasteiger partial charge in [0.25, 0.3) is 5.91 Å². The van der Waals surface area contributed by atoms with Crippen molar-refractivity contribution in [2.24, 2.45) is 0 Å². The number of thiophene rings is 1. The summed E-state index contributed by atoms with van der Waals surface area (Å²) < 4.78 is 0. The summed E-state index contributed by atoms with van der Waals surface area (Å²) in [5.41, 5.74) is 2.71. The number of amides is 1. The van der Waals surface area contributed by atoms with Gasteiger partial charge in [0.05, 0.1) is 23.2 Å². The topological polar surface area (TPSA) is 53.4 Å². The first-order valence-electron chi connectivity index (χ1n) is 6.02. The Hall–Kier alpha value is -1.68. The van der Waals surface area contributed by atoms with E-state index in [2.05, 4.69) is 16.8 Å². The van der Waals surface area contributed by atoms with Crippen LogP contribution in [0.3, 0.4) is 0 Å². The van der Waals surface area contributed by atoms with E-state index < -0.39 is 0 Å².